The summed E-state index contributed by atoms with van der Waals surface area (Å²) in [6, 6.07) is 5.69. The number of methoxy groups -OCH3 is 1. The molecule has 0 fully saturated rings. The van der Waals surface area contributed by atoms with Crippen molar-refractivity contribution in [2.75, 3.05) is 7.11 Å². The Morgan fingerprint density at radius 1 is 1.44 bits per heavy atom. The lowest BCUT2D eigenvalue weighted by Crippen LogP contribution is -1.99. The first kappa shape index (κ1) is 11.2. The van der Waals surface area contributed by atoms with Crippen molar-refractivity contribution in [1.29, 1.82) is 0 Å². The molecule has 0 saturated heterocycles. The number of hydrogen-bond acceptors (Lipinski definition) is 3. The van der Waals surface area contributed by atoms with Crippen LogP contribution in [0.15, 0.2) is 35.2 Å². The van der Waals surface area contributed by atoms with Crippen LogP contribution < -0.4 is 4.74 Å². The number of rotatable bonds is 3. The van der Waals surface area contributed by atoms with Crippen molar-refractivity contribution in [3.8, 4) is 11.4 Å². The van der Waals surface area contributed by atoms with Crippen LogP contribution in [-0.2, 0) is 6.61 Å². The van der Waals surface area contributed by atoms with E-state index in [9.17, 15) is 0 Å². The highest BCUT2D eigenvalue weighted by Gasteiger charge is 2.05. The zero-order chi connectivity index (χ0) is 11.5. The topological polar surface area (TPSA) is 47.3 Å². The third-order valence-corrected chi connectivity index (χ3v) is 2.70. The Morgan fingerprint density at radius 2 is 2.25 bits per heavy atom. The van der Waals surface area contributed by atoms with E-state index in [1.165, 1.54) is 0 Å². The van der Waals surface area contributed by atoms with E-state index in [1.807, 2.05) is 22.8 Å². The average Bonchev–Trinajstić information content (AvgIpc) is 2.76. The fourth-order valence-corrected chi connectivity index (χ4v) is 1.94. The van der Waals surface area contributed by atoms with E-state index in [4.69, 9.17) is 9.84 Å². The summed E-state index contributed by atoms with van der Waals surface area (Å²) in [7, 11) is 1.62. The van der Waals surface area contributed by atoms with E-state index >= 15 is 0 Å². The van der Waals surface area contributed by atoms with Crippen LogP contribution in [0.5, 0.6) is 5.75 Å². The summed E-state index contributed by atoms with van der Waals surface area (Å²) in [4.78, 5) is 4.00. The van der Waals surface area contributed by atoms with Gasteiger partial charge < -0.3 is 14.4 Å². The fraction of sp³-hybridized carbons (Fsp3) is 0.182. The van der Waals surface area contributed by atoms with E-state index in [0.29, 0.717) is 0 Å². The van der Waals surface area contributed by atoms with Gasteiger partial charge in [0.15, 0.2) is 0 Å². The van der Waals surface area contributed by atoms with Crippen molar-refractivity contribution >= 4 is 15.9 Å². The quantitative estimate of drug-likeness (QED) is 0.938. The van der Waals surface area contributed by atoms with Crippen LogP contribution in [0.1, 0.15) is 5.69 Å². The smallest absolute Gasteiger partial charge is 0.122 e. The summed E-state index contributed by atoms with van der Waals surface area (Å²) in [6.07, 6.45) is 3.29. The molecule has 84 valence electrons. The average molecular weight is 283 g/mol. The first-order valence-electron chi connectivity index (χ1n) is 4.71. The molecule has 4 nitrogen and oxygen atoms in total. The molecule has 2 aromatic rings. The number of aliphatic hydroxyl groups excluding tert-OH is 1. The summed E-state index contributed by atoms with van der Waals surface area (Å²) < 4.78 is 7.91. The van der Waals surface area contributed by atoms with Crippen LogP contribution in [0, 0.1) is 0 Å². The molecule has 0 atom stereocenters. The Balaban J connectivity index is 2.51. The minimum atomic E-state index is -0.0468. The van der Waals surface area contributed by atoms with Gasteiger partial charge >= 0.3 is 0 Å². The molecule has 0 radical (unpaired) electrons. The summed E-state index contributed by atoms with van der Waals surface area (Å²) in [6.45, 7) is -0.0468. The van der Waals surface area contributed by atoms with Gasteiger partial charge in [-0.15, -0.1) is 0 Å². The highest BCUT2D eigenvalue weighted by Crippen LogP contribution is 2.24. The van der Waals surface area contributed by atoms with Gasteiger partial charge in [-0.1, -0.05) is 15.9 Å². The number of aromatic nitrogens is 2. The van der Waals surface area contributed by atoms with Crippen LogP contribution in [0.3, 0.4) is 0 Å². The van der Waals surface area contributed by atoms with Crippen LogP contribution >= 0.6 is 15.9 Å². The largest absolute Gasteiger partial charge is 0.497 e. The summed E-state index contributed by atoms with van der Waals surface area (Å²) >= 11 is 3.41. The maximum absolute atomic E-state index is 9.16. The number of benzene rings is 1. The monoisotopic (exact) mass is 282 g/mol. The second kappa shape index (κ2) is 4.67. The molecule has 0 unspecified atom stereocenters. The van der Waals surface area contributed by atoms with Crippen molar-refractivity contribution in [2.45, 2.75) is 6.61 Å². The molecule has 0 aliphatic rings. The minimum absolute atomic E-state index is 0.0468. The first-order chi connectivity index (χ1) is 7.74. The van der Waals surface area contributed by atoms with Gasteiger partial charge in [0.1, 0.15) is 5.75 Å². The third kappa shape index (κ3) is 2.10. The SMILES string of the molecule is COc1cc(Br)cc(-n2cncc2CO)c1. The Bertz CT molecular complexity index is 496. The Hall–Kier alpha value is -1.33. The van der Waals surface area contributed by atoms with Crippen molar-refractivity contribution < 1.29 is 9.84 Å². The zero-order valence-corrected chi connectivity index (χ0v) is 10.3. The lowest BCUT2D eigenvalue weighted by atomic mass is 10.3. The molecule has 0 aliphatic carbocycles. The predicted molar refractivity (Wildman–Crippen MR) is 63.7 cm³/mol. The lowest BCUT2D eigenvalue weighted by molar-refractivity contribution is 0.274. The maximum atomic E-state index is 9.16. The number of aliphatic hydroxyl groups is 1. The molecule has 2 rings (SSSR count). The van der Waals surface area contributed by atoms with E-state index in [0.717, 1.165) is 21.6 Å². The Morgan fingerprint density at radius 3 is 2.94 bits per heavy atom. The maximum Gasteiger partial charge on any atom is 0.122 e. The number of imidazole rings is 1. The zero-order valence-electron chi connectivity index (χ0n) is 8.72. The highest BCUT2D eigenvalue weighted by molar-refractivity contribution is 9.10. The number of nitrogens with zero attached hydrogens (tertiary/aromatic N) is 2. The van der Waals surface area contributed by atoms with Gasteiger partial charge in [-0.05, 0) is 12.1 Å². The van der Waals surface area contributed by atoms with Crippen molar-refractivity contribution in [3.63, 3.8) is 0 Å². The van der Waals surface area contributed by atoms with E-state index in [-0.39, 0.29) is 6.61 Å². The Labute approximate surface area is 102 Å². The number of halogens is 1. The summed E-state index contributed by atoms with van der Waals surface area (Å²) in [5.41, 5.74) is 1.63. The molecule has 16 heavy (non-hydrogen) atoms. The van der Waals surface area contributed by atoms with Gasteiger partial charge in [0.2, 0.25) is 0 Å². The van der Waals surface area contributed by atoms with Crippen molar-refractivity contribution in [3.05, 3.63) is 40.9 Å². The normalized spacial score (nSPS) is 10.4. The van der Waals surface area contributed by atoms with Crippen molar-refractivity contribution in [1.82, 2.24) is 9.55 Å². The standard InChI is InChI=1S/C11H11BrN2O2/c1-16-11-3-8(12)2-9(4-11)14-7-13-5-10(14)6-15/h2-5,7,15H,6H2,1H3. The Kier molecular flexibility index (Phi) is 3.26. The lowest BCUT2D eigenvalue weighted by Gasteiger charge is -2.09. The van der Waals surface area contributed by atoms with Gasteiger partial charge in [0, 0.05) is 10.5 Å². The van der Waals surface area contributed by atoms with E-state index in [2.05, 4.69) is 20.9 Å². The highest BCUT2D eigenvalue weighted by atomic mass is 79.9. The molecule has 0 bridgehead atoms. The molecule has 1 aromatic carbocycles. The summed E-state index contributed by atoms with van der Waals surface area (Å²) in [5.74, 6) is 0.752. The summed E-state index contributed by atoms with van der Waals surface area (Å²) in [5, 5.41) is 9.16. The fourth-order valence-electron chi connectivity index (χ4n) is 1.48. The minimum Gasteiger partial charge on any atom is -0.497 e. The molecule has 5 heteroatoms. The molecule has 0 spiro atoms. The second-order valence-corrected chi connectivity index (χ2v) is 4.18. The molecule has 0 saturated carbocycles. The number of hydrogen-bond donors (Lipinski definition) is 1. The van der Waals surface area contributed by atoms with Gasteiger partial charge in [-0.3, -0.25) is 0 Å². The molecular formula is C11H11BrN2O2. The van der Waals surface area contributed by atoms with Crippen LogP contribution in [0.4, 0.5) is 0 Å². The van der Waals surface area contributed by atoms with Gasteiger partial charge in [-0.2, -0.15) is 0 Å². The van der Waals surface area contributed by atoms with E-state index in [1.54, 1.807) is 19.6 Å². The predicted octanol–water partition coefficient (Wildman–Crippen LogP) is 2.14. The van der Waals surface area contributed by atoms with Crippen LogP contribution in [0.25, 0.3) is 5.69 Å². The van der Waals surface area contributed by atoms with Crippen molar-refractivity contribution in [2.24, 2.45) is 0 Å². The molecule has 0 aliphatic heterocycles. The first-order valence-corrected chi connectivity index (χ1v) is 5.51. The van der Waals surface area contributed by atoms with Gasteiger partial charge in [0.25, 0.3) is 0 Å². The molecule has 1 aromatic heterocycles. The van der Waals surface area contributed by atoms with E-state index < -0.39 is 0 Å². The molecule has 1 N–H and O–H groups in total. The molecule has 0 amide bonds. The van der Waals surface area contributed by atoms with Gasteiger partial charge in [0.05, 0.1) is 37.6 Å². The van der Waals surface area contributed by atoms with Crippen LogP contribution in [0.2, 0.25) is 0 Å². The third-order valence-electron chi connectivity index (χ3n) is 2.25. The number of ether oxygens (including phenoxy) is 1. The van der Waals surface area contributed by atoms with Gasteiger partial charge in [-0.25, -0.2) is 4.98 Å². The molecular weight excluding hydrogens is 272 g/mol. The molecule has 1 heterocycles. The second-order valence-electron chi connectivity index (χ2n) is 3.26. The van der Waals surface area contributed by atoms with Crippen LogP contribution in [-0.4, -0.2) is 21.8 Å².